The van der Waals surface area contributed by atoms with E-state index < -0.39 is 5.97 Å². The standard InChI is InChI=1S/C11H18N2O4S/c1-16-6-7-17-5-3-2-4-12-10-9(11(14)15)13-8-18-10/h8,12H,2-7H2,1H3,(H,14,15). The highest BCUT2D eigenvalue weighted by Crippen LogP contribution is 2.19. The molecule has 0 unspecified atom stereocenters. The number of nitrogens with zero attached hydrogens (tertiary/aromatic N) is 1. The van der Waals surface area contributed by atoms with Gasteiger partial charge < -0.3 is 19.9 Å². The maximum absolute atomic E-state index is 10.8. The number of ether oxygens (including phenoxy) is 2. The number of methoxy groups -OCH3 is 1. The number of anilines is 1. The van der Waals surface area contributed by atoms with Gasteiger partial charge in [0.15, 0.2) is 5.69 Å². The van der Waals surface area contributed by atoms with Gasteiger partial charge in [0.05, 0.1) is 18.7 Å². The molecule has 0 aromatic carbocycles. The summed E-state index contributed by atoms with van der Waals surface area (Å²) in [7, 11) is 1.64. The van der Waals surface area contributed by atoms with Crippen LogP contribution in [0.25, 0.3) is 0 Å². The summed E-state index contributed by atoms with van der Waals surface area (Å²) in [5, 5.41) is 12.5. The summed E-state index contributed by atoms with van der Waals surface area (Å²) in [5.74, 6) is -0.998. The molecule has 102 valence electrons. The molecular weight excluding hydrogens is 256 g/mol. The number of carbonyl (C=O) groups is 1. The summed E-state index contributed by atoms with van der Waals surface area (Å²) < 4.78 is 10.2. The molecule has 0 atom stereocenters. The fourth-order valence-corrected chi connectivity index (χ4v) is 2.00. The number of rotatable bonds is 10. The molecule has 7 heteroatoms. The Labute approximate surface area is 110 Å². The van der Waals surface area contributed by atoms with Crippen LogP contribution in [-0.2, 0) is 9.47 Å². The molecule has 0 spiro atoms. The van der Waals surface area contributed by atoms with Crippen LogP contribution in [0.3, 0.4) is 0 Å². The molecule has 0 radical (unpaired) electrons. The Bertz CT molecular complexity index is 357. The van der Waals surface area contributed by atoms with Crippen molar-refractivity contribution in [1.82, 2.24) is 4.98 Å². The van der Waals surface area contributed by atoms with Gasteiger partial charge in [0.2, 0.25) is 0 Å². The Hall–Kier alpha value is -1.18. The Morgan fingerprint density at radius 3 is 3.00 bits per heavy atom. The maximum Gasteiger partial charge on any atom is 0.357 e. The molecule has 6 nitrogen and oxygen atoms in total. The van der Waals surface area contributed by atoms with Gasteiger partial charge in [0.1, 0.15) is 5.00 Å². The minimum Gasteiger partial charge on any atom is -0.476 e. The SMILES string of the molecule is COCCOCCCCNc1scnc1C(=O)O. The lowest BCUT2D eigenvalue weighted by Gasteiger charge is -2.05. The molecular formula is C11H18N2O4S. The third-order valence-corrected chi connectivity index (χ3v) is 2.99. The van der Waals surface area contributed by atoms with E-state index in [2.05, 4.69) is 10.3 Å². The first-order chi connectivity index (χ1) is 8.75. The molecule has 1 rings (SSSR count). The summed E-state index contributed by atoms with van der Waals surface area (Å²) in [6, 6.07) is 0. The zero-order valence-corrected chi connectivity index (χ0v) is 11.2. The molecule has 0 saturated carbocycles. The van der Waals surface area contributed by atoms with Crippen LogP contribution in [0.4, 0.5) is 5.00 Å². The van der Waals surface area contributed by atoms with E-state index in [1.54, 1.807) is 7.11 Å². The predicted molar refractivity (Wildman–Crippen MR) is 69.5 cm³/mol. The maximum atomic E-state index is 10.8. The molecule has 0 fully saturated rings. The van der Waals surface area contributed by atoms with Crippen LogP contribution in [0.2, 0.25) is 0 Å². The summed E-state index contributed by atoms with van der Waals surface area (Å²) in [5.41, 5.74) is 1.62. The first-order valence-corrected chi connectivity index (χ1v) is 6.61. The largest absolute Gasteiger partial charge is 0.476 e. The van der Waals surface area contributed by atoms with Crippen LogP contribution in [0.5, 0.6) is 0 Å². The lowest BCUT2D eigenvalue weighted by Crippen LogP contribution is -2.08. The molecule has 1 aromatic rings. The van der Waals surface area contributed by atoms with Gasteiger partial charge in [-0.15, -0.1) is 11.3 Å². The van der Waals surface area contributed by atoms with Crippen molar-refractivity contribution in [3.05, 3.63) is 11.2 Å². The van der Waals surface area contributed by atoms with E-state index >= 15 is 0 Å². The van der Waals surface area contributed by atoms with Gasteiger partial charge >= 0.3 is 5.97 Å². The highest BCUT2D eigenvalue weighted by Gasteiger charge is 2.12. The molecule has 0 amide bonds. The van der Waals surface area contributed by atoms with Crippen molar-refractivity contribution in [2.24, 2.45) is 0 Å². The lowest BCUT2D eigenvalue weighted by atomic mass is 10.3. The van der Waals surface area contributed by atoms with Crippen LogP contribution in [0.1, 0.15) is 23.3 Å². The van der Waals surface area contributed by atoms with Crippen molar-refractivity contribution in [2.45, 2.75) is 12.8 Å². The van der Waals surface area contributed by atoms with Gasteiger partial charge in [0, 0.05) is 20.3 Å². The number of hydrogen-bond donors (Lipinski definition) is 2. The highest BCUT2D eigenvalue weighted by atomic mass is 32.1. The Balaban J connectivity index is 2.07. The van der Waals surface area contributed by atoms with Crippen LogP contribution in [0.15, 0.2) is 5.51 Å². The number of unbranched alkanes of at least 4 members (excludes halogenated alkanes) is 1. The van der Waals surface area contributed by atoms with Gasteiger partial charge in [-0.25, -0.2) is 9.78 Å². The van der Waals surface area contributed by atoms with Crippen LogP contribution in [0, 0.1) is 0 Å². The quantitative estimate of drug-likeness (QED) is 0.632. The first kappa shape index (κ1) is 14.9. The van der Waals surface area contributed by atoms with Crippen molar-refractivity contribution in [1.29, 1.82) is 0 Å². The second-order valence-corrected chi connectivity index (χ2v) is 4.43. The van der Waals surface area contributed by atoms with Gasteiger partial charge in [0.25, 0.3) is 0 Å². The van der Waals surface area contributed by atoms with E-state index in [-0.39, 0.29) is 5.69 Å². The van der Waals surface area contributed by atoms with Gasteiger partial charge in [-0.05, 0) is 12.8 Å². The van der Waals surface area contributed by atoms with Crippen molar-refractivity contribution in [3.8, 4) is 0 Å². The first-order valence-electron chi connectivity index (χ1n) is 5.73. The van der Waals surface area contributed by atoms with Gasteiger partial charge in [-0.3, -0.25) is 0 Å². The normalized spacial score (nSPS) is 10.5. The second-order valence-electron chi connectivity index (χ2n) is 3.57. The van der Waals surface area contributed by atoms with Gasteiger partial charge in [-0.2, -0.15) is 0 Å². The third kappa shape index (κ3) is 5.44. The number of carboxylic acids is 1. The third-order valence-electron chi connectivity index (χ3n) is 2.20. The number of hydrogen-bond acceptors (Lipinski definition) is 6. The van der Waals surface area contributed by atoms with E-state index in [0.717, 1.165) is 19.4 Å². The molecule has 0 saturated heterocycles. The lowest BCUT2D eigenvalue weighted by molar-refractivity contribution is 0.0689. The zero-order valence-electron chi connectivity index (χ0n) is 10.3. The van der Waals surface area contributed by atoms with Crippen molar-refractivity contribution >= 4 is 22.3 Å². The minimum atomic E-state index is -0.998. The molecule has 1 aromatic heterocycles. The molecule has 18 heavy (non-hydrogen) atoms. The van der Waals surface area contributed by atoms with E-state index in [4.69, 9.17) is 14.6 Å². The van der Waals surface area contributed by atoms with Crippen LogP contribution < -0.4 is 5.32 Å². The average molecular weight is 274 g/mol. The monoisotopic (exact) mass is 274 g/mol. The molecule has 0 aliphatic carbocycles. The minimum absolute atomic E-state index is 0.0938. The van der Waals surface area contributed by atoms with Gasteiger partial charge in [-0.1, -0.05) is 0 Å². The van der Waals surface area contributed by atoms with E-state index in [0.29, 0.717) is 24.8 Å². The summed E-state index contributed by atoms with van der Waals surface area (Å²) in [6.45, 7) is 2.64. The number of carboxylic acid groups (broad SMARTS) is 1. The Kier molecular flexibility index (Phi) is 7.31. The molecule has 1 heterocycles. The second kappa shape index (κ2) is 8.84. The zero-order chi connectivity index (χ0) is 13.2. The van der Waals surface area contributed by atoms with Crippen molar-refractivity contribution in [3.63, 3.8) is 0 Å². The fourth-order valence-electron chi connectivity index (χ4n) is 1.30. The molecule has 0 aliphatic heterocycles. The highest BCUT2D eigenvalue weighted by molar-refractivity contribution is 7.14. The molecule has 0 aliphatic rings. The van der Waals surface area contributed by atoms with E-state index in [1.165, 1.54) is 16.8 Å². The summed E-state index contributed by atoms with van der Waals surface area (Å²) >= 11 is 1.30. The predicted octanol–water partition coefficient (Wildman–Crippen LogP) is 1.70. The van der Waals surface area contributed by atoms with E-state index in [9.17, 15) is 4.79 Å². The molecule has 0 bridgehead atoms. The van der Waals surface area contributed by atoms with E-state index in [1.807, 2.05) is 0 Å². The van der Waals surface area contributed by atoms with Crippen molar-refractivity contribution in [2.75, 3.05) is 38.8 Å². The summed E-state index contributed by atoms with van der Waals surface area (Å²) in [6.07, 6.45) is 1.85. The topological polar surface area (TPSA) is 80.7 Å². The number of aromatic carboxylic acids is 1. The number of thiazole rings is 1. The smallest absolute Gasteiger partial charge is 0.357 e. The van der Waals surface area contributed by atoms with Crippen LogP contribution >= 0.6 is 11.3 Å². The Morgan fingerprint density at radius 2 is 2.28 bits per heavy atom. The fraction of sp³-hybridized carbons (Fsp3) is 0.636. The number of nitrogens with one attached hydrogen (secondary N) is 1. The average Bonchev–Trinajstić information content (AvgIpc) is 2.81. The molecule has 2 N–H and O–H groups in total. The van der Waals surface area contributed by atoms with Crippen LogP contribution in [-0.4, -0.2) is 49.5 Å². The summed E-state index contributed by atoms with van der Waals surface area (Å²) in [4.78, 5) is 14.6. The number of aromatic nitrogens is 1. The Morgan fingerprint density at radius 1 is 1.44 bits per heavy atom. The van der Waals surface area contributed by atoms with Crippen molar-refractivity contribution < 1.29 is 19.4 Å².